The van der Waals surface area contributed by atoms with Gasteiger partial charge < -0.3 is 19.8 Å². The quantitative estimate of drug-likeness (QED) is 0.790. The molecular formula is C13H17NO4. The molecule has 1 amide bonds. The molecule has 0 aromatic heterocycles. The molecule has 1 aliphatic heterocycles. The molecule has 5 heteroatoms. The lowest BCUT2D eigenvalue weighted by Crippen LogP contribution is -2.48. The van der Waals surface area contributed by atoms with Crippen molar-refractivity contribution in [1.29, 1.82) is 0 Å². The lowest BCUT2D eigenvalue weighted by atomic mass is 10.1. The first-order valence-electron chi connectivity index (χ1n) is 5.94. The third kappa shape index (κ3) is 2.41. The van der Waals surface area contributed by atoms with E-state index in [1.54, 1.807) is 4.90 Å². The van der Waals surface area contributed by atoms with Crippen LogP contribution in [0.4, 0.5) is 0 Å². The van der Waals surface area contributed by atoms with Crippen LogP contribution in [0.15, 0.2) is 18.2 Å². The number of hydrogen-bond acceptors (Lipinski definition) is 4. The van der Waals surface area contributed by atoms with Crippen LogP contribution in [0.3, 0.4) is 0 Å². The first kappa shape index (κ1) is 12.7. The van der Waals surface area contributed by atoms with Crippen LogP contribution < -0.4 is 0 Å². The monoisotopic (exact) mass is 251 g/mol. The van der Waals surface area contributed by atoms with Gasteiger partial charge >= 0.3 is 0 Å². The highest BCUT2D eigenvalue weighted by atomic mass is 16.5. The molecule has 1 heterocycles. The van der Waals surface area contributed by atoms with E-state index in [1.165, 1.54) is 18.2 Å². The predicted octanol–water partition coefficient (Wildman–Crippen LogP) is 1.35. The summed E-state index contributed by atoms with van der Waals surface area (Å²) in [6, 6.07) is 4.27. The zero-order chi connectivity index (χ0) is 13.3. The zero-order valence-electron chi connectivity index (χ0n) is 10.5. The second kappa shape index (κ2) is 4.86. The molecule has 0 aliphatic carbocycles. The first-order valence-corrected chi connectivity index (χ1v) is 5.94. The van der Waals surface area contributed by atoms with Crippen LogP contribution in [0.2, 0.25) is 0 Å². The molecule has 0 saturated carbocycles. The van der Waals surface area contributed by atoms with Crippen LogP contribution in [0.5, 0.6) is 11.5 Å². The number of aromatic hydroxyl groups is 2. The van der Waals surface area contributed by atoms with Crippen molar-refractivity contribution in [2.45, 2.75) is 26.1 Å². The van der Waals surface area contributed by atoms with Crippen LogP contribution >= 0.6 is 0 Å². The Kier molecular flexibility index (Phi) is 3.43. The number of nitrogens with zero attached hydrogens (tertiary/aromatic N) is 1. The highest BCUT2D eigenvalue weighted by Gasteiger charge is 2.29. The maximum atomic E-state index is 12.3. The van der Waals surface area contributed by atoms with E-state index in [-0.39, 0.29) is 35.2 Å². The molecule has 0 spiro atoms. The fourth-order valence-electron chi connectivity index (χ4n) is 2.25. The number of ether oxygens (including phenoxy) is 1. The average Bonchev–Trinajstić information content (AvgIpc) is 2.27. The highest BCUT2D eigenvalue weighted by molar-refractivity contribution is 5.99. The Balaban J connectivity index is 2.26. The van der Waals surface area contributed by atoms with Crippen molar-refractivity contribution in [1.82, 2.24) is 4.90 Å². The minimum Gasteiger partial charge on any atom is -0.507 e. The largest absolute Gasteiger partial charge is 0.507 e. The van der Waals surface area contributed by atoms with E-state index in [4.69, 9.17) is 4.74 Å². The van der Waals surface area contributed by atoms with Gasteiger partial charge in [-0.05, 0) is 26.0 Å². The van der Waals surface area contributed by atoms with E-state index >= 15 is 0 Å². The maximum Gasteiger partial charge on any atom is 0.261 e. The summed E-state index contributed by atoms with van der Waals surface area (Å²) in [6.45, 7) is 4.69. The van der Waals surface area contributed by atoms with Gasteiger partial charge in [0.25, 0.3) is 5.91 Å². The minimum absolute atomic E-state index is 0.0428. The molecule has 1 saturated heterocycles. The SMILES string of the molecule is CC1CN(C(=O)c2c(O)cccc2O)CC(C)O1. The van der Waals surface area contributed by atoms with E-state index in [0.29, 0.717) is 13.1 Å². The van der Waals surface area contributed by atoms with Crippen molar-refractivity contribution < 1.29 is 19.7 Å². The molecule has 1 aromatic carbocycles. The summed E-state index contributed by atoms with van der Waals surface area (Å²) in [5.74, 6) is -0.772. The van der Waals surface area contributed by atoms with Gasteiger partial charge in [0.05, 0.1) is 12.2 Å². The number of phenolic OH excluding ortho intramolecular Hbond substituents is 2. The van der Waals surface area contributed by atoms with Gasteiger partial charge in [0.15, 0.2) is 0 Å². The van der Waals surface area contributed by atoms with E-state index in [0.717, 1.165) is 0 Å². The van der Waals surface area contributed by atoms with Gasteiger partial charge in [-0.25, -0.2) is 0 Å². The van der Waals surface area contributed by atoms with Crippen molar-refractivity contribution >= 4 is 5.91 Å². The van der Waals surface area contributed by atoms with Gasteiger partial charge in [-0.2, -0.15) is 0 Å². The number of carbonyl (C=O) groups is 1. The highest BCUT2D eigenvalue weighted by Crippen LogP contribution is 2.28. The second-order valence-corrected chi connectivity index (χ2v) is 4.64. The molecule has 98 valence electrons. The number of hydrogen-bond donors (Lipinski definition) is 2. The Labute approximate surface area is 106 Å². The van der Waals surface area contributed by atoms with Crippen molar-refractivity contribution in [2.24, 2.45) is 0 Å². The average molecular weight is 251 g/mol. The van der Waals surface area contributed by atoms with Gasteiger partial charge in [0.1, 0.15) is 17.1 Å². The zero-order valence-corrected chi connectivity index (χ0v) is 10.5. The van der Waals surface area contributed by atoms with E-state index in [9.17, 15) is 15.0 Å². The van der Waals surface area contributed by atoms with Gasteiger partial charge in [-0.1, -0.05) is 6.07 Å². The number of rotatable bonds is 1. The molecule has 2 unspecified atom stereocenters. The fraction of sp³-hybridized carbons (Fsp3) is 0.462. The molecule has 1 aliphatic rings. The van der Waals surface area contributed by atoms with E-state index in [2.05, 4.69) is 0 Å². The van der Waals surface area contributed by atoms with Crippen LogP contribution in [-0.4, -0.2) is 46.3 Å². The third-order valence-electron chi connectivity index (χ3n) is 2.94. The first-order chi connectivity index (χ1) is 8.49. The Morgan fingerprint density at radius 3 is 2.22 bits per heavy atom. The number of benzene rings is 1. The van der Waals surface area contributed by atoms with Gasteiger partial charge in [0.2, 0.25) is 0 Å². The summed E-state index contributed by atoms with van der Waals surface area (Å²) >= 11 is 0. The summed E-state index contributed by atoms with van der Waals surface area (Å²) in [6.07, 6.45) is -0.101. The summed E-state index contributed by atoms with van der Waals surface area (Å²) in [5, 5.41) is 19.4. The standard InChI is InChI=1S/C13H17NO4/c1-8-6-14(7-9(2)18-8)13(17)12-10(15)4-3-5-11(12)16/h3-5,8-9,15-16H,6-7H2,1-2H3. The Morgan fingerprint density at radius 1 is 1.22 bits per heavy atom. The van der Waals surface area contributed by atoms with E-state index in [1.807, 2.05) is 13.8 Å². The Bertz CT molecular complexity index is 430. The molecule has 5 nitrogen and oxygen atoms in total. The maximum absolute atomic E-state index is 12.3. The van der Waals surface area contributed by atoms with Gasteiger partial charge in [-0.3, -0.25) is 4.79 Å². The van der Waals surface area contributed by atoms with Crippen LogP contribution in [0.25, 0.3) is 0 Å². The second-order valence-electron chi connectivity index (χ2n) is 4.64. The molecule has 18 heavy (non-hydrogen) atoms. The number of carbonyl (C=O) groups excluding carboxylic acids is 1. The van der Waals surface area contributed by atoms with Crippen LogP contribution in [0.1, 0.15) is 24.2 Å². The van der Waals surface area contributed by atoms with Crippen molar-refractivity contribution in [3.8, 4) is 11.5 Å². The lowest BCUT2D eigenvalue weighted by molar-refractivity contribution is -0.0587. The summed E-state index contributed by atoms with van der Waals surface area (Å²) in [5.41, 5.74) is -0.0428. The summed E-state index contributed by atoms with van der Waals surface area (Å²) < 4.78 is 5.54. The molecule has 2 N–H and O–H groups in total. The Hall–Kier alpha value is -1.75. The Morgan fingerprint density at radius 2 is 1.72 bits per heavy atom. The van der Waals surface area contributed by atoms with Crippen LogP contribution in [-0.2, 0) is 4.74 Å². The van der Waals surface area contributed by atoms with Gasteiger partial charge in [-0.15, -0.1) is 0 Å². The predicted molar refractivity (Wildman–Crippen MR) is 65.7 cm³/mol. The molecule has 1 fully saturated rings. The summed E-state index contributed by atoms with van der Waals surface area (Å²) in [4.78, 5) is 13.9. The summed E-state index contributed by atoms with van der Waals surface area (Å²) in [7, 11) is 0. The molecule has 0 radical (unpaired) electrons. The molecular weight excluding hydrogens is 234 g/mol. The number of amides is 1. The molecule has 2 rings (SSSR count). The molecule has 1 aromatic rings. The van der Waals surface area contributed by atoms with Gasteiger partial charge in [0, 0.05) is 13.1 Å². The van der Waals surface area contributed by atoms with Crippen LogP contribution in [0, 0.1) is 0 Å². The van der Waals surface area contributed by atoms with Crippen molar-refractivity contribution in [3.63, 3.8) is 0 Å². The van der Waals surface area contributed by atoms with Crippen molar-refractivity contribution in [2.75, 3.05) is 13.1 Å². The number of phenols is 2. The normalized spacial score (nSPS) is 24.0. The lowest BCUT2D eigenvalue weighted by Gasteiger charge is -2.35. The number of morpholine rings is 1. The van der Waals surface area contributed by atoms with Crippen molar-refractivity contribution in [3.05, 3.63) is 23.8 Å². The third-order valence-corrected chi connectivity index (χ3v) is 2.94. The molecule has 0 bridgehead atoms. The topological polar surface area (TPSA) is 70.0 Å². The fourth-order valence-corrected chi connectivity index (χ4v) is 2.25. The minimum atomic E-state index is -0.368. The molecule has 2 atom stereocenters. The smallest absolute Gasteiger partial charge is 0.261 e. The van der Waals surface area contributed by atoms with E-state index < -0.39 is 0 Å².